The Kier molecular flexibility index (Phi) is 6.58. The van der Waals surface area contributed by atoms with Crippen LogP contribution >= 0.6 is 0 Å². The molecule has 0 radical (unpaired) electrons. The van der Waals surface area contributed by atoms with Gasteiger partial charge in [0.1, 0.15) is 17.0 Å². The predicted octanol–water partition coefficient (Wildman–Crippen LogP) is 2.56. The number of anilines is 1. The summed E-state index contributed by atoms with van der Waals surface area (Å²) in [5.74, 6) is -1.86. The van der Waals surface area contributed by atoms with Gasteiger partial charge in [-0.05, 0) is 31.2 Å². The zero-order valence-corrected chi connectivity index (χ0v) is 18.8. The molecule has 2 heterocycles. The number of hydrogen-bond acceptors (Lipinski definition) is 8. The Morgan fingerprint density at radius 3 is 2.49 bits per heavy atom. The van der Waals surface area contributed by atoms with Gasteiger partial charge in [0.15, 0.2) is 17.3 Å². The molecule has 0 spiro atoms. The Balaban J connectivity index is 1.78. The summed E-state index contributed by atoms with van der Waals surface area (Å²) in [7, 11) is 1.43. The molecule has 0 atom stereocenters. The van der Waals surface area contributed by atoms with E-state index in [9.17, 15) is 19.5 Å². The summed E-state index contributed by atoms with van der Waals surface area (Å²) in [6.45, 7) is 1.77. The maximum absolute atomic E-state index is 13.2. The van der Waals surface area contributed by atoms with E-state index in [1.54, 1.807) is 61.5 Å². The highest BCUT2D eigenvalue weighted by atomic mass is 16.5. The largest absolute Gasteiger partial charge is 0.505 e. The van der Waals surface area contributed by atoms with E-state index in [4.69, 9.17) is 9.47 Å². The molecule has 4 aromatic rings. The highest BCUT2D eigenvalue weighted by Gasteiger charge is 2.25. The maximum atomic E-state index is 13.2. The van der Waals surface area contributed by atoms with Crippen molar-refractivity contribution in [3.05, 3.63) is 88.5 Å². The number of esters is 1. The first-order valence-electron chi connectivity index (χ1n) is 10.5. The first-order chi connectivity index (χ1) is 16.9. The Morgan fingerprint density at radius 2 is 1.77 bits per heavy atom. The van der Waals surface area contributed by atoms with E-state index in [1.165, 1.54) is 18.0 Å². The number of hydrogen-bond donors (Lipinski definition) is 2. The number of carbonyl (C=O) groups is 2. The van der Waals surface area contributed by atoms with Crippen LogP contribution in [-0.4, -0.2) is 50.3 Å². The Bertz CT molecular complexity index is 1440. The van der Waals surface area contributed by atoms with Crippen molar-refractivity contribution < 1.29 is 24.2 Å². The minimum absolute atomic E-state index is 0.00148. The standard InChI is InChI=1S/C24H21N5O6/c1-3-35-24(33)16-14-25-28(15-9-5-4-6-10-15)22(16)26-23(32)21-18(30)13-20(31)29(27-21)17-11-7-8-12-19(17)34-2/h4-14,30H,3H2,1-2H3,(H,26,32). The van der Waals surface area contributed by atoms with Gasteiger partial charge in [-0.1, -0.05) is 30.3 Å². The van der Waals surface area contributed by atoms with Crippen LogP contribution in [0.4, 0.5) is 5.82 Å². The predicted molar refractivity (Wildman–Crippen MR) is 126 cm³/mol. The average Bonchev–Trinajstić information content (AvgIpc) is 3.28. The second-order valence-electron chi connectivity index (χ2n) is 7.13. The summed E-state index contributed by atoms with van der Waals surface area (Å²) in [4.78, 5) is 38.3. The quantitative estimate of drug-likeness (QED) is 0.389. The molecule has 1 amide bonds. The molecular weight excluding hydrogens is 454 g/mol. The molecule has 2 aromatic heterocycles. The minimum atomic E-state index is -0.880. The highest BCUT2D eigenvalue weighted by molar-refractivity contribution is 6.07. The lowest BCUT2D eigenvalue weighted by atomic mass is 10.2. The molecule has 0 aliphatic rings. The fraction of sp³-hybridized carbons (Fsp3) is 0.125. The summed E-state index contributed by atoms with van der Waals surface area (Å²) in [5.41, 5.74) is -0.289. The van der Waals surface area contributed by atoms with Crippen LogP contribution in [0.1, 0.15) is 27.8 Å². The average molecular weight is 475 g/mol. The summed E-state index contributed by atoms with van der Waals surface area (Å²) in [5, 5.41) is 21.2. The maximum Gasteiger partial charge on any atom is 0.343 e. The molecule has 4 rings (SSSR count). The van der Waals surface area contributed by atoms with E-state index in [0.717, 1.165) is 10.7 Å². The molecule has 0 bridgehead atoms. The number of amides is 1. The van der Waals surface area contributed by atoms with Gasteiger partial charge in [-0.15, -0.1) is 0 Å². The normalized spacial score (nSPS) is 10.6. The number of aromatic nitrogens is 4. The number of ether oxygens (including phenoxy) is 2. The zero-order chi connectivity index (χ0) is 24.9. The van der Waals surface area contributed by atoms with Gasteiger partial charge in [-0.25, -0.2) is 9.48 Å². The molecule has 2 aromatic carbocycles. The van der Waals surface area contributed by atoms with Crippen LogP contribution in [0.5, 0.6) is 11.5 Å². The van der Waals surface area contributed by atoms with Gasteiger partial charge in [0.2, 0.25) is 0 Å². The summed E-state index contributed by atoms with van der Waals surface area (Å²) >= 11 is 0. The van der Waals surface area contributed by atoms with Gasteiger partial charge >= 0.3 is 5.97 Å². The number of carbonyl (C=O) groups excluding carboxylic acids is 2. The van der Waals surface area contributed by atoms with E-state index in [0.29, 0.717) is 11.4 Å². The lowest BCUT2D eigenvalue weighted by Gasteiger charge is -2.13. The van der Waals surface area contributed by atoms with Gasteiger partial charge in [-0.2, -0.15) is 14.9 Å². The summed E-state index contributed by atoms with van der Waals surface area (Å²) in [6, 6.07) is 16.3. The van der Waals surface area contributed by atoms with E-state index in [-0.39, 0.29) is 23.7 Å². The molecule has 11 nitrogen and oxygen atoms in total. The van der Waals surface area contributed by atoms with Gasteiger partial charge in [0.05, 0.1) is 25.6 Å². The van der Waals surface area contributed by atoms with Crippen molar-refractivity contribution in [2.75, 3.05) is 19.0 Å². The highest BCUT2D eigenvalue weighted by Crippen LogP contribution is 2.24. The topological polar surface area (TPSA) is 138 Å². The fourth-order valence-electron chi connectivity index (χ4n) is 3.34. The van der Waals surface area contributed by atoms with E-state index in [2.05, 4.69) is 15.5 Å². The molecule has 0 saturated heterocycles. The third-order valence-corrected chi connectivity index (χ3v) is 4.94. The monoisotopic (exact) mass is 475 g/mol. The van der Waals surface area contributed by atoms with E-state index in [1.807, 2.05) is 0 Å². The molecule has 178 valence electrons. The Labute approximate surface area is 199 Å². The SMILES string of the molecule is CCOC(=O)c1cnn(-c2ccccc2)c1NC(=O)c1nn(-c2ccccc2OC)c(=O)cc1O. The van der Waals surface area contributed by atoms with Crippen LogP contribution in [0.2, 0.25) is 0 Å². The lowest BCUT2D eigenvalue weighted by Crippen LogP contribution is -2.26. The van der Waals surface area contributed by atoms with Crippen LogP contribution < -0.4 is 15.6 Å². The first kappa shape index (κ1) is 23.2. The van der Waals surface area contributed by atoms with Crippen molar-refractivity contribution in [3.8, 4) is 22.9 Å². The van der Waals surface area contributed by atoms with Gasteiger partial charge in [-0.3, -0.25) is 9.59 Å². The van der Waals surface area contributed by atoms with Crippen molar-refractivity contribution >= 4 is 17.7 Å². The molecule has 0 unspecified atom stereocenters. The Morgan fingerprint density at radius 1 is 1.06 bits per heavy atom. The lowest BCUT2D eigenvalue weighted by molar-refractivity contribution is 0.0527. The van der Waals surface area contributed by atoms with Crippen LogP contribution in [0.15, 0.2) is 71.7 Å². The molecule has 0 aliphatic carbocycles. The molecule has 0 saturated carbocycles. The first-order valence-corrected chi connectivity index (χ1v) is 10.5. The number of nitrogens with one attached hydrogen (secondary N) is 1. The van der Waals surface area contributed by atoms with Gasteiger partial charge in [0, 0.05) is 6.07 Å². The molecule has 2 N–H and O–H groups in total. The van der Waals surface area contributed by atoms with Crippen LogP contribution in [0, 0.1) is 0 Å². The Hall–Kier alpha value is -4.93. The number of para-hydroxylation sites is 3. The summed E-state index contributed by atoms with van der Waals surface area (Å²) in [6.07, 6.45) is 1.27. The fourth-order valence-corrected chi connectivity index (χ4v) is 3.34. The molecular formula is C24H21N5O6. The van der Waals surface area contributed by atoms with Crippen LogP contribution in [0.25, 0.3) is 11.4 Å². The summed E-state index contributed by atoms with van der Waals surface area (Å²) < 4.78 is 12.6. The van der Waals surface area contributed by atoms with Crippen molar-refractivity contribution in [1.29, 1.82) is 0 Å². The number of rotatable bonds is 7. The third kappa shape index (κ3) is 4.60. The van der Waals surface area contributed by atoms with Gasteiger partial charge in [0.25, 0.3) is 11.5 Å². The van der Waals surface area contributed by atoms with Crippen molar-refractivity contribution in [3.63, 3.8) is 0 Å². The zero-order valence-electron chi connectivity index (χ0n) is 18.8. The molecule has 11 heteroatoms. The smallest absolute Gasteiger partial charge is 0.343 e. The molecule has 0 aliphatic heterocycles. The molecule has 0 fully saturated rings. The van der Waals surface area contributed by atoms with E-state index >= 15 is 0 Å². The van der Waals surface area contributed by atoms with Crippen molar-refractivity contribution in [2.45, 2.75) is 6.92 Å². The number of nitrogens with zero attached hydrogens (tertiary/aromatic N) is 4. The minimum Gasteiger partial charge on any atom is -0.505 e. The third-order valence-electron chi connectivity index (χ3n) is 4.94. The van der Waals surface area contributed by atoms with Gasteiger partial charge < -0.3 is 19.9 Å². The number of benzene rings is 2. The molecule has 35 heavy (non-hydrogen) atoms. The van der Waals surface area contributed by atoms with Crippen molar-refractivity contribution in [1.82, 2.24) is 19.6 Å². The second-order valence-corrected chi connectivity index (χ2v) is 7.13. The van der Waals surface area contributed by atoms with Crippen LogP contribution in [0.3, 0.4) is 0 Å². The number of aromatic hydroxyl groups is 1. The number of methoxy groups -OCH3 is 1. The van der Waals surface area contributed by atoms with Crippen molar-refractivity contribution in [2.24, 2.45) is 0 Å². The van der Waals surface area contributed by atoms with E-state index < -0.39 is 28.9 Å². The second kappa shape index (κ2) is 9.91. The van der Waals surface area contributed by atoms with Crippen LogP contribution in [-0.2, 0) is 4.74 Å².